The van der Waals surface area contributed by atoms with Gasteiger partial charge in [0, 0.05) is 37.4 Å². The van der Waals surface area contributed by atoms with Crippen LogP contribution in [0.5, 0.6) is 0 Å². The van der Waals surface area contributed by atoms with Gasteiger partial charge < -0.3 is 19.4 Å². The minimum atomic E-state index is -0.448. The van der Waals surface area contributed by atoms with Crippen molar-refractivity contribution in [1.82, 2.24) is 14.9 Å². The van der Waals surface area contributed by atoms with Crippen molar-refractivity contribution in [3.8, 4) is 0 Å². The van der Waals surface area contributed by atoms with E-state index in [0.29, 0.717) is 37.8 Å². The maximum atomic E-state index is 12.8. The molecule has 128 valence electrons. The van der Waals surface area contributed by atoms with Crippen LogP contribution in [0.25, 0.3) is 11.0 Å². The van der Waals surface area contributed by atoms with Crippen LogP contribution in [0.4, 0.5) is 0 Å². The Morgan fingerprint density at radius 2 is 1.96 bits per heavy atom. The Morgan fingerprint density at radius 3 is 2.62 bits per heavy atom. The van der Waals surface area contributed by atoms with E-state index in [2.05, 4.69) is 23.8 Å². The lowest BCUT2D eigenvalue weighted by molar-refractivity contribution is -0.181. The van der Waals surface area contributed by atoms with Gasteiger partial charge in [0.25, 0.3) is 5.91 Å². The molecule has 2 aliphatic heterocycles. The molecule has 24 heavy (non-hydrogen) atoms. The number of fused-ring (bicyclic) bond motifs is 1. The zero-order valence-corrected chi connectivity index (χ0v) is 14.2. The maximum absolute atomic E-state index is 12.8. The molecule has 6 nitrogen and oxygen atoms in total. The second-order valence-electron chi connectivity index (χ2n) is 6.91. The van der Waals surface area contributed by atoms with E-state index in [1.807, 2.05) is 23.1 Å². The quantitative estimate of drug-likeness (QED) is 0.920. The van der Waals surface area contributed by atoms with Gasteiger partial charge in [-0.1, -0.05) is 13.8 Å². The molecule has 6 heteroatoms. The zero-order chi connectivity index (χ0) is 16.7. The van der Waals surface area contributed by atoms with E-state index in [9.17, 15) is 4.79 Å². The number of ether oxygens (including phenoxy) is 2. The van der Waals surface area contributed by atoms with Gasteiger partial charge in [0.2, 0.25) is 0 Å². The van der Waals surface area contributed by atoms with Crippen LogP contribution in [0.1, 0.15) is 48.8 Å². The molecule has 1 amide bonds. The summed E-state index contributed by atoms with van der Waals surface area (Å²) in [5.41, 5.74) is 2.52. The SMILES string of the molecule is CC(C)c1nc2ccc(C(=O)N3CCC4(CC3)OCCO4)cc2[nH]1. The number of imidazole rings is 1. The number of carbonyl (C=O) groups excluding carboxylic acids is 1. The predicted octanol–water partition coefficient (Wildman–Crippen LogP) is 2.67. The third-order valence-corrected chi connectivity index (χ3v) is 4.92. The minimum Gasteiger partial charge on any atom is -0.347 e. The largest absolute Gasteiger partial charge is 0.347 e. The fourth-order valence-electron chi connectivity index (χ4n) is 3.45. The van der Waals surface area contributed by atoms with Crippen LogP contribution in [-0.4, -0.2) is 52.9 Å². The third-order valence-electron chi connectivity index (χ3n) is 4.92. The second-order valence-corrected chi connectivity index (χ2v) is 6.91. The molecule has 0 bridgehead atoms. The summed E-state index contributed by atoms with van der Waals surface area (Å²) < 4.78 is 11.4. The summed E-state index contributed by atoms with van der Waals surface area (Å²) in [4.78, 5) is 22.6. The highest BCUT2D eigenvalue weighted by Gasteiger charge is 2.40. The highest BCUT2D eigenvalue weighted by molar-refractivity contribution is 5.97. The van der Waals surface area contributed by atoms with Gasteiger partial charge in [0.05, 0.1) is 24.2 Å². The number of nitrogens with zero attached hydrogens (tertiary/aromatic N) is 2. The fourth-order valence-corrected chi connectivity index (χ4v) is 3.45. The number of amides is 1. The number of benzene rings is 1. The molecule has 2 fully saturated rings. The van der Waals surface area contributed by atoms with Crippen molar-refractivity contribution in [2.24, 2.45) is 0 Å². The van der Waals surface area contributed by atoms with Crippen LogP contribution < -0.4 is 0 Å². The Bertz CT molecular complexity index is 752. The number of aromatic amines is 1. The average Bonchev–Trinajstić information content (AvgIpc) is 3.21. The molecule has 2 saturated heterocycles. The van der Waals surface area contributed by atoms with E-state index in [1.54, 1.807) is 0 Å². The van der Waals surface area contributed by atoms with E-state index < -0.39 is 5.79 Å². The van der Waals surface area contributed by atoms with Gasteiger partial charge in [-0.2, -0.15) is 0 Å². The van der Waals surface area contributed by atoms with Crippen molar-refractivity contribution in [1.29, 1.82) is 0 Å². The number of carbonyl (C=O) groups is 1. The van der Waals surface area contributed by atoms with Crippen molar-refractivity contribution in [2.45, 2.75) is 38.4 Å². The summed E-state index contributed by atoms with van der Waals surface area (Å²) >= 11 is 0. The maximum Gasteiger partial charge on any atom is 0.253 e. The summed E-state index contributed by atoms with van der Waals surface area (Å²) in [6.45, 7) is 6.83. The number of hydrogen-bond acceptors (Lipinski definition) is 4. The van der Waals surface area contributed by atoms with Crippen LogP contribution in [0.15, 0.2) is 18.2 Å². The molecule has 0 unspecified atom stereocenters. The number of aromatic nitrogens is 2. The van der Waals surface area contributed by atoms with Gasteiger partial charge in [-0.05, 0) is 18.2 Å². The molecule has 4 rings (SSSR count). The lowest BCUT2D eigenvalue weighted by Crippen LogP contribution is -2.47. The molecular weight excluding hydrogens is 306 g/mol. The summed E-state index contributed by atoms with van der Waals surface area (Å²) in [6.07, 6.45) is 1.48. The van der Waals surface area contributed by atoms with Crippen LogP contribution in [0.2, 0.25) is 0 Å². The van der Waals surface area contributed by atoms with Crippen molar-refractivity contribution < 1.29 is 14.3 Å². The molecule has 1 aromatic carbocycles. The van der Waals surface area contributed by atoms with Crippen LogP contribution in [-0.2, 0) is 9.47 Å². The van der Waals surface area contributed by atoms with Crippen molar-refractivity contribution in [2.75, 3.05) is 26.3 Å². The van der Waals surface area contributed by atoms with E-state index >= 15 is 0 Å². The Labute approximate surface area is 141 Å². The molecule has 1 aromatic heterocycles. The molecule has 0 atom stereocenters. The monoisotopic (exact) mass is 329 g/mol. The van der Waals surface area contributed by atoms with Gasteiger partial charge >= 0.3 is 0 Å². The van der Waals surface area contributed by atoms with Crippen molar-refractivity contribution in [3.63, 3.8) is 0 Å². The van der Waals surface area contributed by atoms with Gasteiger partial charge in [0.1, 0.15) is 5.82 Å². The van der Waals surface area contributed by atoms with E-state index in [1.165, 1.54) is 0 Å². The molecule has 3 heterocycles. The molecule has 1 N–H and O–H groups in total. The standard InChI is InChI=1S/C18H23N3O3/c1-12(2)16-19-14-4-3-13(11-15(14)20-16)17(22)21-7-5-18(6-8-21)23-9-10-24-18/h3-4,11-12H,5-10H2,1-2H3,(H,19,20). The van der Waals surface area contributed by atoms with Gasteiger partial charge in [-0.3, -0.25) is 4.79 Å². The lowest BCUT2D eigenvalue weighted by atomic mass is 10.0. The average molecular weight is 329 g/mol. The first-order valence-electron chi connectivity index (χ1n) is 8.63. The summed E-state index contributed by atoms with van der Waals surface area (Å²) in [6, 6.07) is 5.69. The summed E-state index contributed by atoms with van der Waals surface area (Å²) in [5, 5.41) is 0. The molecule has 2 aliphatic rings. The van der Waals surface area contributed by atoms with Crippen LogP contribution in [0, 0.1) is 0 Å². The second kappa shape index (κ2) is 5.86. The topological polar surface area (TPSA) is 67.5 Å². The first-order valence-corrected chi connectivity index (χ1v) is 8.63. The highest BCUT2D eigenvalue weighted by atomic mass is 16.7. The number of H-pyrrole nitrogens is 1. The van der Waals surface area contributed by atoms with E-state index in [4.69, 9.17) is 9.47 Å². The third kappa shape index (κ3) is 2.70. The predicted molar refractivity (Wildman–Crippen MR) is 90.0 cm³/mol. The molecule has 0 aliphatic carbocycles. The Hall–Kier alpha value is -1.92. The number of piperidine rings is 1. The van der Waals surface area contributed by atoms with E-state index in [-0.39, 0.29) is 5.91 Å². The Morgan fingerprint density at radius 1 is 1.25 bits per heavy atom. The lowest BCUT2D eigenvalue weighted by Gasteiger charge is -2.37. The Kier molecular flexibility index (Phi) is 3.81. The minimum absolute atomic E-state index is 0.0606. The van der Waals surface area contributed by atoms with Crippen LogP contribution >= 0.6 is 0 Å². The summed E-state index contributed by atoms with van der Waals surface area (Å²) in [7, 11) is 0. The zero-order valence-electron chi connectivity index (χ0n) is 14.2. The number of rotatable bonds is 2. The Balaban J connectivity index is 1.51. The molecule has 1 spiro atoms. The van der Waals surface area contributed by atoms with Gasteiger partial charge in [-0.25, -0.2) is 4.98 Å². The molecular formula is C18H23N3O3. The normalized spacial score (nSPS) is 20.4. The van der Waals surface area contributed by atoms with Crippen LogP contribution in [0.3, 0.4) is 0 Å². The smallest absolute Gasteiger partial charge is 0.253 e. The van der Waals surface area contributed by atoms with Crippen molar-refractivity contribution >= 4 is 16.9 Å². The number of likely N-dealkylation sites (tertiary alicyclic amines) is 1. The fraction of sp³-hybridized carbons (Fsp3) is 0.556. The molecule has 0 saturated carbocycles. The molecule has 0 radical (unpaired) electrons. The van der Waals surface area contributed by atoms with Gasteiger partial charge in [-0.15, -0.1) is 0 Å². The first kappa shape index (κ1) is 15.6. The first-order chi connectivity index (χ1) is 11.6. The van der Waals surface area contributed by atoms with Crippen molar-refractivity contribution in [3.05, 3.63) is 29.6 Å². The molecule has 2 aromatic rings. The highest BCUT2D eigenvalue weighted by Crippen LogP contribution is 2.32. The van der Waals surface area contributed by atoms with E-state index in [0.717, 1.165) is 29.7 Å². The van der Waals surface area contributed by atoms with Gasteiger partial charge in [0.15, 0.2) is 5.79 Å². The number of hydrogen-bond donors (Lipinski definition) is 1. The number of nitrogens with one attached hydrogen (secondary N) is 1. The summed E-state index contributed by atoms with van der Waals surface area (Å²) in [5.74, 6) is 0.896.